The number of benzene rings is 1. The smallest absolute Gasteiger partial charge is 0.319 e. The first-order valence-electron chi connectivity index (χ1n) is 4.54. The molecule has 1 aromatic carbocycles. The number of nitrogen functional groups attached to an aromatic ring is 1. The Morgan fingerprint density at radius 3 is 2.65 bits per heavy atom. The number of rotatable bonds is 4. The van der Waals surface area contributed by atoms with Gasteiger partial charge in [0.15, 0.2) is 0 Å². The molecule has 2 atom stereocenters. The van der Waals surface area contributed by atoms with Crippen molar-refractivity contribution in [3.8, 4) is 5.75 Å². The minimum atomic E-state index is -4.05. The van der Waals surface area contributed by atoms with Gasteiger partial charge in [-0.3, -0.25) is 4.57 Å². The second-order valence-corrected chi connectivity index (χ2v) is 6.94. The average Bonchev–Trinajstić information content (AvgIpc) is 2.22. The topological polar surface area (TPSA) is 101 Å². The molecule has 17 heavy (non-hydrogen) atoms. The zero-order chi connectivity index (χ0) is 13.2. The van der Waals surface area contributed by atoms with Crippen LogP contribution in [-0.2, 0) is 15.8 Å². The number of carbonyl (C=O) groups is 1. The molecular weight excluding hydrogens is 285 g/mol. The van der Waals surface area contributed by atoms with Gasteiger partial charge in [0, 0.05) is 0 Å². The van der Waals surface area contributed by atoms with Gasteiger partial charge in [-0.1, -0.05) is 6.07 Å². The number of nitrogens with two attached hydrogens (primary N) is 1. The Morgan fingerprint density at radius 2 is 2.18 bits per heavy atom. The Labute approximate surface area is 108 Å². The molecule has 0 bridgehead atoms. The van der Waals surface area contributed by atoms with Crippen molar-refractivity contribution in [1.82, 2.24) is 0 Å². The molecule has 1 rings (SSSR count). The van der Waals surface area contributed by atoms with Crippen molar-refractivity contribution >= 4 is 47.9 Å². The number of halogens is 1. The Balaban J connectivity index is 3.20. The number of hydrogen-bond acceptors (Lipinski definition) is 5. The molecule has 0 aliphatic heterocycles. The number of carbonyl (C=O) groups excluding carboxylic acids is 1. The fraction of sp³-hybridized carbons (Fsp3) is 0.222. The van der Waals surface area contributed by atoms with Gasteiger partial charge in [-0.15, -0.1) is 0 Å². The van der Waals surface area contributed by atoms with Crippen LogP contribution in [0.2, 0.25) is 0 Å². The third-order valence-corrected chi connectivity index (χ3v) is 4.00. The lowest BCUT2D eigenvalue weighted by molar-refractivity contribution is -0.107. The highest BCUT2D eigenvalue weighted by atomic mass is 35.7. The summed E-state index contributed by atoms with van der Waals surface area (Å²) < 4.78 is 11.2. The van der Waals surface area contributed by atoms with E-state index in [4.69, 9.17) is 17.0 Å². The molecule has 0 aromatic heterocycles. The number of hydrogen-bond donors (Lipinski definition) is 4. The van der Waals surface area contributed by atoms with Gasteiger partial charge < -0.3 is 20.5 Å². The van der Waals surface area contributed by atoms with Crippen LogP contribution >= 0.6 is 30.6 Å². The van der Waals surface area contributed by atoms with Crippen LogP contribution in [-0.4, -0.2) is 21.5 Å². The molecule has 0 saturated heterocycles. The highest BCUT2D eigenvalue weighted by Gasteiger charge is 2.24. The zero-order valence-corrected chi connectivity index (χ0v) is 11.1. The normalized spacial score (nSPS) is 16.2. The molecule has 8 heteroatoms. The van der Waals surface area contributed by atoms with Crippen molar-refractivity contribution in [2.45, 2.75) is 11.7 Å². The molecule has 4 N–H and O–H groups in total. The second-order valence-electron chi connectivity index (χ2n) is 3.42. The summed E-state index contributed by atoms with van der Waals surface area (Å²) in [6.07, 6.45) is 0.784. The Bertz CT molecular complexity index is 490. The van der Waals surface area contributed by atoms with Crippen molar-refractivity contribution in [3.05, 3.63) is 17.7 Å². The van der Waals surface area contributed by atoms with E-state index in [1.54, 1.807) is 0 Å². The van der Waals surface area contributed by atoms with E-state index in [1.165, 1.54) is 12.1 Å². The quantitative estimate of drug-likeness (QED) is 0.219. The van der Waals surface area contributed by atoms with E-state index in [-0.39, 0.29) is 23.2 Å². The van der Waals surface area contributed by atoms with E-state index >= 15 is 0 Å². The lowest BCUT2D eigenvalue weighted by Gasteiger charge is -2.13. The van der Waals surface area contributed by atoms with Crippen molar-refractivity contribution in [2.75, 3.05) is 5.73 Å². The Hall–Kier alpha value is -0.680. The number of anilines is 1. The molecule has 0 amide bonds. The third-order valence-electron chi connectivity index (χ3n) is 2.16. The first-order valence-corrected chi connectivity index (χ1v) is 7.62. The van der Waals surface area contributed by atoms with Crippen LogP contribution in [0.5, 0.6) is 5.75 Å². The summed E-state index contributed by atoms with van der Waals surface area (Å²) >= 11 is 9.23. The van der Waals surface area contributed by atoms with Gasteiger partial charge in [0.05, 0.1) is 16.2 Å². The molecule has 5 nitrogen and oxygen atoms in total. The second kappa shape index (κ2) is 5.31. The van der Waals surface area contributed by atoms with Gasteiger partial charge >= 0.3 is 6.72 Å². The van der Waals surface area contributed by atoms with Gasteiger partial charge in [0.25, 0.3) is 0 Å². The van der Waals surface area contributed by atoms with Gasteiger partial charge in [-0.2, -0.15) is 12.6 Å². The van der Waals surface area contributed by atoms with Crippen LogP contribution in [0.25, 0.3) is 0 Å². The van der Waals surface area contributed by atoms with E-state index in [2.05, 4.69) is 12.6 Å². The predicted molar refractivity (Wildman–Crippen MR) is 70.4 cm³/mol. The molecule has 0 heterocycles. The van der Waals surface area contributed by atoms with Crippen LogP contribution in [0.4, 0.5) is 5.69 Å². The van der Waals surface area contributed by atoms with Gasteiger partial charge in [-0.05, 0) is 29.3 Å². The molecule has 0 aliphatic carbocycles. The van der Waals surface area contributed by atoms with Gasteiger partial charge in [0.1, 0.15) is 12.0 Å². The summed E-state index contributed by atoms with van der Waals surface area (Å²) in [6.45, 7) is -4.05. The maximum atomic E-state index is 11.2. The zero-order valence-electron chi connectivity index (χ0n) is 8.58. The average molecular weight is 296 g/mol. The summed E-state index contributed by atoms with van der Waals surface area (Å²) in [5.74, 6) is -0.349. The van der Waals surface area contributed by atoms with Crippen molar-refractivity contribution in [1.29, 1.82) is 0 Å². The highest BCUT2D eigenvalue weighted by Crippen LogP contribution is 2.48. The van der Waals surface area contributed by atoms with Crippen LogP contribution in [0, 0.1) is 0 Å². The number of thiol groups is 1. The summed E-state index contributed by atoms with van der Waals surface area (Å²) in [6, 6.07) is 2.64. The van der Waals surface area contributed by atoms with E-state index in [9.17, 15) is 19.4 Å². The lowest BCUT2D eigenvalue weighted by atomic mass is 10.1. The summed E-state index contributed by atoms with van der Waals surface area (Å²) in [5.41, 5.74) is 5.62. The number of aromatic hydroxyl groups is 1. The highest BCUT2D eigenvalue weighted by molar-refractivity contribution is 7.90. The fourth-order valence-electron chi connectivity index (χ4n) is 1.32. The first kappa shape index (κ1) is 14.4. The van der Waals surface area contributed by atoms with Crippen LogP contribution in [0.3, 0.4) is 0 Å². The molecule has 0 spiro atoms. The van der Waals surface area contributed by atoms with Gasteiger partial charge in [-0.25, -0.2) is 0 Å². The molecule has 0 radical (unpaired) electrons. The maximum absolute atomic E-state index is 11.2. The number of phenols is 1. The molecule has 94 valence electrons. The number of phenolic OH excluding ortho intramolecular Hbond substituents is 1. The molecule has 1 aromatic rings. The summed E-state index contributed by atoms with van der Waals surface area (Å²) in [7, 11) is 0. The van der Waals surface area contributed by atoms with E-state index in [0.717, 1.165) is 0 Å². The standard InChI is InChI=1S/C9H11ClNO4PS/c10-16(14,15)7-2-1-5(3-6(17)4-12)9(13)8(7)11/h1-2,4,6,13,17H,3,11H2,(H,14,15). The minimum absolute atomic E-state index is 0.168. The largest absolute Gasteiger partial charge is 0.505 e. The summed E-state index contributed by atoms with van der Waals surface area (Å²) in [4.78, 5) is 19.6. The van der Waals surface area contributed by atoms with Crippen molar-refractivity contribution in [3.63, 3.8) is 0 Å². The van der Waals surface area contributed by atoms with Crippen LogP contribution in [0.15, 0.2) is 12.1 Å². The minimum Gasteiger partial charge on any atom is -0.505 e. The molecule has 2 unspecified atom stereocenters. The predicted octanol–water partition coefficient (Wildman–Crippen LogP) is 1.06. The van der Waals surface area contributed by atoms with E-state index in [0.29, 0.717) is 11.8 Å². The fourth-order valence-corrected chi connectivity index (χ4v) is 2.62. The third kappa shape index (κ3) is 3.39. The number of aldehydes is 1. The van der Waals surface area contributed by atoms with Crippen LogP contribution < -0.4 is 11.0 Å². The lowest BCUT2D eigenvalue weighted by Crippen LogP contribution is -2.12. The molecular formula is C9H11ClNO4PS. The first-order chi connectivity index (χ1) is 7.77. The summed E-state index contributed by atoms with van der Waals surface area (Å²) in [5, 5.41) is 8.92. The Morgan fingerprint density at radius 1 is 1.59 bits per heavy atom. The maximum Gasteiger partial charge on any atom is 0.319 e. The van der Waals surface area contributed by atoms with Crippen LogP contribution in [0.1, 0.15) is 5.56 Å². The molecule has 0 fully saturated rings. The Kier molecular flexibility index (Phi) is 4.49. The monoisotopic (exact) mass is 295 g/mol. The SMILES string of the molecule is Nc1c(P(=O)(O)Cl)ccc(CC(S)C=O)c1O. The van der Waals surface area contributed by atoms with E-state index in [1.807, 2.05) is 0 Å². The van der Waals surface area contributed by atoms with E-state index < -0.39 is 12.0 Å². The molecule has 0 saturated carbocycles. The van der Waals surface area contributed by atoms with Gasteiger partial charge in [0.2, 0.25) is 0 Å². The van der Waals surface area contributed by atoms with Crippen molar-refractivity contribution in [2.24, 2.45) is 0 Å². The van der Waals surface area contributed by atoms with Crippen molar-refractivity contribution < 1.29 is 19.4 Å². The molecule has 0 aliphatic rings.